The second kappa shape index (κ2) is 12.0. The highest BCUT2D eigenvalue weighted by Gasteiger charge is 2.09. The monoisotopic (exact) mass is 396 g/mol. The lowest BCUT2D eigenvalue weighted by atomic mass is 10.1. The number of aryl methyl sites for hydroxylation is 1. The van der Waals surface area contributed by atoms with Gasteiger partial charge in [0.2, 0.25) is 11.7 Å². The maximum Gasteiger partial charge on any atom is 0.337 e. The molecule has 0 aliphatic carbocycles. The Bertz CT molecular complexity index is 720. The molecular formula is C17H25ClN6O3. The lowest BCUT2D eigenvalue weighted by molar-refractivity contribution is -0.119. The molecule has 1 aromatic carbocycles. The van der Waals surface area contributed by atoms with Crippen LogP contribution in [0.2, 0.25) is 0 Å². The first-order chi connectivity index (χ1) is 12.6. The number of ether oxygens (including phenoxy) is 1. The van der Waals surface area contributed by atoms with Crippen LogP contribution < -0.4 is 11.1 Å². The number of nitrogens with one attached hydrogen (secondary N) is 1. The minimum absolute atomic E-state index is 0. The van der Waals surface area contributed by atoms with Crippen molar-refractivity contribution in [3.63, 3.8) is 0 Å². The Kier molecular flexibility index (Phi) is 9.99. The molecule has 0 unspecified atom stereocenters. The molecule has 0 radical (unpaired) electrons. The van der Waals surface area contributed by atoms with E-state index in [1.165, 1.54) is 7.11 Å². The Morgan fingerprint density at radius 3 is 2.52 bits per heavy atom. The molecule has 1 aromatic heterocycles. The molecule has 1 amide bonds. The third-order valence-electron chi connectivity index (χ3n) is 3.81. The third kappa shape index (κ3) is 7.32. The van der Waals surface area contributed by atoms with Crippen LogP contribution in [0.1, 0.15) is 36.0 Å². The molecule has 2 rings (SSSR count). The summed E-state index contributed by atoms with van der Waals surface area (Å²) in [4.78, 5) is 24.0. The van der Waals surface area contributed by atoms with Crippen LogP contribution in [0.15, 0.2) is 24.3 Å². The summed E-state index contributed by atoms with van der Waals surface area (Å²) in [5.41, 5.74) is 6.48. The SMILES string of the molecule is COC(=O)c1ccc(-c2nnn(CCCCCCNC(=O)CN)n2)cc1.Cl. The zero-order valence-corrected chi connectivity index (χ0v) is 16.1. The first-order valence-corrected chi connectivity index (χ1v) is 8.57. The minimum Gasteiger partial charge on any atom is -0.465 e. The number of benzene rings is 1. The lowest BCUT2D eigenvalue weighted by Gasteiger charge is -2.03. The van der Waals surface area contributed by atoms with Gasteiger partial charge in [0.15, 0.2) is 0 Å². The molecule has 9 nitrogen and oxygen atoms in total. The summed E-state index contributed by atoms with van der Waals surface area (Å²) in [5.74, 6) is 0.0191. The lowest BCUT2D eigenvalue weighted by Crippen LogP contribution is -2.30. The Balaban J connectivity index is 0.00000364. The zero-order valence-electron chi connectivity index (χ0n) is 15.3. The quantitative estimate of drug-likeness (QED) is 0.456. The van der Waals surface area contributed by atoms with Crippen LogP contribution in [0.25, 0.3) is 11.4 Å². The molecule has 0 saturated heterocycles. The fourth-order valence-corrected chi connectivity index (χ4v) is 2.36. The van der Waals surface area contributed by atoms with E-state index in [4.69, 9.17) is 5.73 Å². The van der Waals surface area contributed by atoms with E-state index in [0.29, 0.717) is 24.5 Å². The van der Waals surface area contributed by atoms with Crippen LogP contribution in [0, 0.1) is 0 Å². The molecule has 0 spiro atoms. The van der Waals surface area contributed by atoms with Gasteiger partial charge >= 0.3 is 5.97 Å². The summed E-state index contributed by atoms with van der Waals surface area (Å²) in [6.07, 6.45) is 3.89. The number of nitrogens with zero attached hydrogens (tertiary/aromatic N) is 4. The van der Waals surface area contributed by atoms with Gasteiger partial charge in [0.1, 0.15) is 0 Å². The van der Waals surface area contributed by atoms with Crippen LogP contribution in [0.4, 0.5) is 0 Å². The van der Waals surface area contributed by atoms with Crippen LogP contribution in [0.5, 0.6) is 0 Å². The molecule has 0 bridgehead atoms. The summed E-state index contributed by atoms with van der Waals surface area (Å²) in [5, 5.41) is 15.2. The van der Waals surface area contributed by atoms with Gasteiger partial charge in [-0.15, -0.1) is 22.6 Å². The smallest absolute Gasteiger partial charge is 0.337 e. The van der Waals surface area contributed by atoms with E-state index in [9.17, 15) is 9.59 Å². The first-order valence-electron chi connectivity index (χ1n) is 8.57. The molecule has 0 aliphatic rings. The highest BCUT2D eigenvalue weighted by atomic mass is 35.5. The van der Waals surface area contributed by atoms with Gasteiger partial charge in [0, 0.05) is 12.1 Å². The zero-order chi connectivity index (χ0) is 18.8. The number of amides is 1. The fraction of sp³-hybridized carbons (Fsp3) is 0.471. The average Bonchev–Trinajstić information content (AvgIpc) is 3.15. The van der Waals surface area contributed by atoms with Gasteiger partial charge < -0.3 is 15.8 Å². The number of nitrogens with two attached hydrogens (primary N) is 1. The molecular weight excluding hydrogens is 372 g/mol. The van der Waals surface area contributed by atoms with Gasteiger partial charge in [-0.2, -0.15) is 4.80 Å². The fourth-order valence-electron chi connectivity index (χ4n) is 2.36. The number of halogens is 1. The normalized spacial score (nSPS) is 10.1. The number of tetrazole rings is 1. The Morgan fingerprint density at radius 2 is 1.85 bits per heavy atom. The van der Waals surface area contributed by atoms with Crippen molar-refractivity contribution in [3.8, 4) is 11.4 Å². The number of carbonyl (C=O) groups excluding carboxylic acids is 2. The van der Waals surface area contributed by atoms with E-state index < -0.39 is 0 Å². The van der Waals surface area contributed by atoms with Crippen molar-refractivity contribution in [2.75, 3.05) is 20.2 Å². The maximum absolute atomic E-state index is 11.4. The molecule has 27 heavy (non-hydrogen) atoms. The molecule has 0 saturated carbocycles. The van der Waals surface area contributed by atoms with Crippen LogP contribution in [-0.2, 0) is 16.1 Å². The van der Waals surface area contributed by atoms with Crippen molar-refractivity contribution < 1.29 is 14.3 Å². The van der Waals surface area contributed by atoms with E-state index in [1.807, 2.05) is 0 Å². The van der Waals surface area contributed by atoms with E-state index in [0.717, 1.165) is 31.2 Å². The number of unbranched alkanes of at least 4 members (excludes halogenated alkanes) is 3. The number of methoxy groups -OCH3 is 1. The van der Waals surface area contributed by atoms with Crippen molar-refractivity contribution in [2.24, 2.45) is 5.73 Å². The Hall–Kier alpha value is -2.52. The highest BCUT2D eigenvalue weighted by molar-refractivity contribution is 5.89. The molecule has 148 valence electrons. The van der Waals surface area contributed by atoms with E-state index in [-0.39, 0.29) is 30.8 Å². The van der Waals surface area contributed by atoms with Gasteiger partial charge in [0.05, 0.1) is 25.8 Å². The van der Waals surface area contributed by atoms with Crippen molar-refractivity contribution in [1.82, 2.24) is 25.5 Å². The topological polar surface area (TPSA) is 125 Å². The molecule has 1 heterocycles. The minimum atomic E-state index is -0.379. The third-order valence-corrected chi connectivity index (χ3v) is 3.81. The number of carbonyl (C=O) groups is 2. The molecule has 0 fully saturated rings. The van der Waals surface area contributed by atoms with Gasteiger partial charge in [-0.05, 0) is 30.2 Å². The number of aromatic nitrogens is 4. The standard InChI is InChI=1S/C17H24N6O3.ClH/c1-26-17(25)14-8-6-13(7-9-14)16-20-22-23(21-16)11-5-3-2-4-10-19-15(24)12-18;/h6-9H,2-5,10-12,18H2,1H3,(H,19,24);1H. The maximum atomic E-state index is 11.4. The largest absolute Gasteiger partial charge is 0.465 e. The van der Waals surface area contributed by atoms with Crippen LogP contribution in [0.3, 0.4) is 0 Å². The molecule has 0 atom stereocenters. The van der Waals surface area contributed by atoms with Crippen LogP contribution >= 0.6 is 12.4 Å². The molecule has 10 heteroatoms. The number of hydrogen-bond acceptors (Lipinski definition) is 7. The van der Waals surface area contributed by atoms with E-state index in [1.54, 1.807) is 29.1 Å². The summed E-state index contributed by atoms with van der Waals surface area (Å²) in [6.45, 7) is 1.37. The summed E-state index contributed by atoms with van der Waals surface area (Å²) in [6, 6.07) is 6.88. The molecule has 3 N–H and O–H groups in total. The van der Waals surface area contributed by atoms with Gasteiger partial charge in [0.25, 0.3) is 0 Å². The Morgan fingerprint density at radius 1 is 1.15 bits per heavy atom. The predicted octanol–water partition coefficient (Wildman–Crippen LogP) is 1.18. The Labute approximate surface area is 164 Å². The van der Waals surface area contributed by atoms with E-state index >= 15 is 0 Å². The van der Waals surface area contributed by atoms with Crippen LogP contribution in [-0.4, -0.2) is 52.3 Å². The summed E-state index contributed by atoms with van der Waals surface area (Å²) < 4.78 is 4.67. The predicted molar refractivity (Wildman–Crippen MR) is 102 cm³/mol. The average molecular weight is 397 g/mol. The molecule has 0 aliphatic heterocycles. The van der Waals surface area contributed by atoms with Crippen molar-refractivity contribution in [3.05, 3.63) is 29.8 Å². The first kappa shape index (κ1) is 22.5. The highest BCUT2D eigenvalue weighted by Crippen LogP contribution is 2.15. The number of hydrogen-bond donors (Lipinski definition) is 2. The van der Waals surface area contributed by atoms with Gasteiger partial charge in [-0.1, -0.05) is 25.0 Å². The van der Waals surface area contributed by atoms with Crippen molar-refractivity contribution in [1.29, 1.82) is 0 Å². The molecule has 2 aromatic rings. The van der Waals surface area contributed by atoms with Gasteiger partial charge in [-0.25, -0.2) is 4.79 Å². The summed E-state index contributed by atoms with van der Waals surface area (Å²) in [7, 11) is 1.35. The van der Waals surface area contributed by atoms with E-state index in [2.05, 4.69) is 25.5 Å². The second-order valence-electron chi connectivity index (χ2n) is 5.75. The van der Waals surface area contributed by atoms with Crippen molar-refractivity contribution >= 4 is 24.3 Å². The second-order valence-corrected chi connectivity index (χ2v) is 5.75. The summed E-state index contributed by atoms with van der Waals surface area (Å²) >= 11 is 0. The van der Waals surface area contributed by atoms with Crippen molar-refractivity contribution in [2.45, 2.75) is 32.2 Å². The number of esters is 1. The number of rotatable bonds is 10. The van der Waals surface area contributed by atoms with Gasteiger partial charge in [-0.3, -0.25) is 4.79 Å².